The monoisotopic (exact) mass is 389 g/mol. The van der Waals surface area contributed by atoms with Crippen LogP contribution in [-0.2, 0) is 4.74 Å². The number of carbonyl (C=O) groups is 1. The summed E-state index contributed by atoms with van der Waals surface area (Å²) in [5.74, 6) is 0.0808. The molecule has 0 amide bonds. The fraction of sp³-hybridized carbons (Fsp3) is 0.0909. The van der Waals surface area contributed by atoms with Crippen LogP contribution in [0.25, 0.3) is 21.3 Å². The van der Waals surface area contributed by atoms with Crippen LogP contribution < -0.4 is 0 Å². The van der Waals surface area contributed by atoms with Crippen molar-refractivity contribution in [2.24, 2.45) is 0 Å². The molecule has 0 unspecified atom stereocenters. The standard InChI is InChI=1S/C22H15NO2S2/c24-22(27-21-23-19-11-5-6-12-20(19)26-21)25-13-18-16-9-3-1-7-14(16)15-8-2-4-10-17(15)18/h1-12,18H,13H2. The summed E-state index contributed by atoms with van der Waals surface area (Å²) in [5.41, 5.74) is 5.81. The summed E-state index contributed by atoms with van der Waals surface area (Å²) < 4.78 is 7.42. The first-order chi connectivity index (χ1) is 13.3. The molecule has 0 saturated carbocycles. The Bertz CT molecular complexity index is 1070. The van der Waals surface area contributed by atoms with E-state index >= 15 is 0 Å². The van der Waals surface area contributed by atoms with Crippen LogP contribution in [0.3, 0.4) is 0 Å². The van der Waals surface area contributed by atoms with Gasteiger partial charge < -0.3 is 4.74 Å². The maximum atomic E-state index is 12.4. The predicted molar refractivity (Wildman–Crippen MR) is 111 cm³/mol. The third-order valence-corrected chi connectivity index (χ3v) is 6.66. The molecule has 27 heavy (non-hydrogen) atoms. The quantitative estimate of drug-likeness (QED) is 0.303. The van der Waals surface area contributed by atoms with Crippen LogP contribution in [0.1, 0.15) is 17.0 Å². The van der Waals surface area contributed by atoms with Gasteiger partial charge in [0.15, 0.2) is 4.34 Å². The van der Waals surface area contributed by atoms with Crippen LogP contribution in [-0.4, -0.2) is 16.9 Å². The first-order valence-electron chi connectivity index (χ1n) is 8.68. The number of thioether (sulfide) groups is 1. The lowest BCUT2D eigenvalue weighted by molar-refractivity contribution is 0.171. The second kappa shape index (κ2) is 6.83. The summed E-state index contributed by atoms with van der Waals surface area (Å²) >= 11 is 2.57. The number of rotatable bonds is 3. The van der Waals surface area contributed by atoms with Crippen LogP contribution in [0.4, 0.5) is 4.79 Å². The van der Waals surface area contributed by atoms with Gasteiger partial charge in [-0.2, -0.15) is 0 Å². The van der Waals surface area contributed by atoms with Gasteiger partial charge in [0.2, 0.25) is 0 Å². The zero-order valence-electron chi connectivity index (χ0n) is 14.3. The smallest absolute Gasteiger partial charge is 0.374 e. The molecule has 3 aromatic carbocycles. The van der Waals surface area contributed by atoms with E-state index in [1.807, 2.05) is 48.5 Å². The first-order valence-corrected chi connectivity index (χ1v) is 10.3. The van der Waals surface area contributed by atoms with Gasteiger partial charge in [0.1, 0.15) is 6.61 Å². The maximum Gasteiger partial charge on any atom is 0.374 e. The molecule has 3 nitrogen and oxygen atoms in total. The van der Waals surface area contributed by atoms with E-state index in [-0.39, 0.29) is 11.2 Å². The summed E-state index contributed by atoms with van der Waals surface area (Å²) in [6.07, 6.45) is 0. The van der Waals surface area contributed by atoms with Crippen molar-refractivity contribution in [1.82, 2.24) is 4.98 Å². The van der Waals surface area contributed by atoms with E-state index in [2.05, 4.69) is 29.2 Å². The average molecular weight is 390 g/mol. The van der Waals surface area contributed by atoms with Gasteiger partial charge in [-0.15, -0.1) is 11.3 Å². The molecule has 0 bridgehead atoms. The van der Waals surface area contributed by atoms with Crippen molar-refractivity contribution in [3.05, 3.63) is 83.9 Å². The number of hydrogen-bond donors (Lipinski definition) is 0. The minimum atomic E-state index is -0.309. The van der Waals surface area contributed by atoms with Crippen molar-refractivity contribution in [1.29, 1.82) is 0 Å². The Morgan fingerprint density at radius 2 is 1.56 bits per heavy atom. The SMILES string of the molecule is O=C(OCC1c2ccccc2-c2ccccc21)Sc1nc2ccccc2s1. The first kappa shape index (κ1) is 16.5. The predicted octanol–water partition coefficient (Wildman–Crippen LogP) is 6.34. The Hall–Kier alpha value is -2.63. The Morgan fingerprint density at radius 3 is 2.26 bits per heavy atom. The van der Waals surface area contributed by atoms with Gasteiger partial charge in [0, 0.05) is 17.7 Å². The van der Waals surface area contributed by atoms with E-state index in [4.69, 9.17) is 4.74 Å². The lowest BCUT2D eigenvalue weighted by Gasteiger charge is -2.13. The lowest BCUT2D eigenvalue weighted by atomic mass is 9.98. The van der Waals surface area contributed by atoms with Crippen molar-refractivity contribution in [3.63, 3.8) is 0 Å². The average Bonchev–Trinajstić information content (AvgIpc) is 3.25. The molecule has 5 heteroatoms. The molecule has 0 radical (unpaired) electrons. The summed E-state index contributed by atoms with van der Waals surface area (Å²) in [4.78, 5) is 16.9. The fourth-order valence-electron chi connectivity index (χ4n) is 3.59. The Morgan fingerprint density at radius 1 is 0.926 bits per heavy atom. The third-order valence-electron chi connectivity index (χ3n) is 4.78. The Balaban J connectivity index is 1.33. The molecule has 0 spiro atoms. The van der Waals surface area contributed by atoms with Crippen molar-refractivity contribution in [2.75, 3.05) is 6.61 Å². The zero-order chi connectivity index (χ0) is 18.2. The van der Waals surface area contributed by atoms with Gasteiger partial charge in [-0.1, -0.05) is 60.7 Å². The van der Waals surface area contributed by atoms with Crippen LogP contribution in [0, 0.1) is 0 Å². The van der Waals surface area contributed by atoms with E-state index in [9.17, 15) is 4.79 Å². The summed E-state index contributed by atoms with van der Waals surface area (Å²) in [6.45, 7) is 0.338. The number of ether oxygens (including phenoxy) is 1. The number of hydrogen-bond acceptors (Lipinski definition) is 5. The van der Waals surface area contributed by atoms with Gasteiger partial charge in [0.25, 0.3) is 0 Å². The molecular formula is C22H15NO2S2. The van der Waals surface area contributed by atoms with E-state index in [1.54, 1.807) is 0 Å². The molecule has 5 rings (SSSR count). The van der Waals surface area contributed by atoms with Gasteiger partial charge >= 0.3 is 5.30 Å². The maximum absolute atomic E-state index is 12.4. The topological polar surface area (TPSA) is 39.2 Å². The van der Waals surface area contributed by atoms with E-state index in [0.717, 1.165) is 22.0 Å². The van der Waals surface area contributed by atoms with Crippen molar-refractivity contribution >= 4 is 38.6 Å². The highest BCUT2D eigenvalue weighted by Gasteiger charge is 2.29. The normalized spacial score (nSPS) is 12.7. The van der Waals surface area contributed by atoms with Gasteiger partial charge in [-0.25, -0.2) is 9.78 Å². The van der Waals surface area contributed by atoms with E-state index in [1.165, 1.54) is 33.6 Å². The van der Waals surface area contributed by atoms with Crippen molar-refractivity contribution in [3.8, 4) is 11.1 Å². The molecule has 1 aliphatic rings. The summed E-state index contributed by atoms with van der Waals surface area (Å²) in [6, 6.07) is 24.6. The molecule has 0 atom stereocenters. The van der Waals surface area contributed by atoms with Gasteiger partial charge in [0.05, 0.1) is 10.2 Å². The second-order valence-electron chi connectivity index (χ2n) is 6.34. The number of para-hydroxylation sites is 1. The molecule has 1 heterocycles. The molecule has 0 N–H and O–H groups in total. The zero-order valence-corrected chi connectivity index (χ0v) is 15.9. The molecule has 0 saturated heterocycles. The summed E-state index contributed by atoms with van der Waals surface area (Å²) in [5, 5.41) is -0.309. The molecule has 0 fully saturated rings. The molecule has 132 valence electrons. The number of fused-ring (bicyclic) bond motifs is 4. The Labute approximate surface area is 165 Å². The van der Waals surface area contributed by atoms with Crippen LogP contribution in [0.5, 0.6) is 0 Å². The minimum Gasteiger partial charge on any atom is -0.456 e. The van der Waals surface area contributed by atoms with Crippen LogP contribution >= 0.6 is 23.1 Å². The molecular weight excluding hydrogens is 374 g/mol. The van der Waals surface area contributed by atoms with Crippen LogP contribution in [0.15, 0.2) is 77.1 Å². The molecule has 1 aromatic heterocycles. The molecule has 4 aromatic rings. The van der Waals surface area contributed by atoms with E-state index < -0.39 is 0 Å². The number of benzene rings is 3. The van der Waals surface area contributed by atoms with Gasteiger partial charge in [-0.3, -0.25) is 0 Å². The highest BCUT2D eigenvalue weighted by atomic mass is 32.2. The molecule has 1 aliphatic carbocycles. The number of aromatic nitrogens is 1. The Kier molecular flexibility index (Phi) is 4.19. The highest BCUT2D eigenvalue weighted by molar-refractivity contribution is 8.14. The van der Waals surface area contributed by atoms with E-state index in [0.29, 0.717) is 10.9 Å². The lowest BCUT2D eigenvalue weighted by Crippen LogP contribution is -2.09. The molecule has 0 aliphatic heterocycles. The fourth-order valence-corrected chi connectivity index (χ4v) is 5.34. The minimum absolute atomic E-state index is 0.0808. The largest absolute Gasteiger partial charge is 0.456 e. The van der Waals surface area contributed by atoms with Crippen molar-refractivity contribution in [2.45, 2.75) is 10.3 Å². The second-order valence-corrected chi connectivity index (χ2v) is 8.55. The highest BCUT2D eigenvalue weighted by Crippen LogP contribution is 2.44. The number of thiazole rings is 1. The number of carbonyl (C=O) groups excluding carboxylic acids is 1. The van der Waals surface area contributed by atoms with Gasteiger partial charge in [-0.05, 0) is 34.4 Å². The third kappa shape index (κ3) is 3.03. The summed E-state index contributed by atoms with van der Waals surface area (Å²) in [7, 11) is 0. The van der Waals surface area contributed by atoms with Crippen LogP contribution in [0.2, 0.25) is 0 Å². The number of nitrogens with zero attached hydrogens (tertiary/aromatic N) is 1. The van der Waals surface area contributed by atoms with Crippen molar-refractivity contribution < 1.29 is 9.53 Å².